The van der Waals surface area contributed by atoms with Gasteiger partial charge in [-0.2, -0.15) is 4.31 Å². The number of nitrogens with one attached hydrogen (secondary N) is 1. The third-order valence-corrected chi connectivity index (χ3v) is 6.24. The van der Waals surface area contributed by atoms with Gasteiger partial charge in [0.15, 0.2) is 0 Å². The predicted octanol–water partition coefficient (Wildman–Crippen LogP) is 2.46. The van der Waals surface area contributed by atoms with Crippen molar-refractivity contribution in [1.82, 2.24) is 9.62 Å². The van der Waals surface area contributed by atoms with Gasteiger partial charge in [0.05, 0.1) is 11.8 Å². The Morgan fingerprint density at radius 1 is 1.42 bits per heavy atom. The van der Waals surface area contributed by atoms with E-state index in [4.69, 9.17) is 0 Å². The van der Waals surface area contributed by atoms with Crippen LogP contribution >= 0.6 is 11.3 Å². The van der Waals surface area contributed by atoms with Crippen molar-refractivity contribution in [3.05, 3.63) is 22.4 Å². The number of hydrogen-bond donors (Lipinski definition) is 1. The van der Waals surface area contributed by atoms with Crippen LogP contribution < -0.4 is 5.32 Å². The number of rotatable bonds is 9. The third kappa shape index (κ3) is 5.22. The van der Waals surface area contributed by atoms with Crippen molar-refractivity contribution in [2.75, 3.05) is 25.9 Å². The molecule has 0 amide bonds. The lowest BCUT2D eigenvalue weighted by Crippen LogP contribution is -2.31. The summed E-state index contributed by atoms with van der Waals surface area (Å²) >= 11 is 1.59. The molecule has 0 bridgehead atoms. The molecule has 0 saturated heterocycles. The molecule has 1 rings (SSSR count). The van der Waals surface area contributed by atoms with Crippen molar-refractivity contribution >= 4 is 21.4 Å². The zero-order valence-electron chi connectivity index (χ0n) is 11.9. The first-order chi connectivity index (χ1) is 8.99. The first kappa shape index (κ1) is 16.6. The molecule has 1 unspecified atom stereocenters. The van der Waals surface area contributed by atoms with Crippen molar-refractivity contribution in [2.24, 2.45) is 0 Å². The molecule has 0 spiro atoms. The number of nitrogens with zero attached hydrogens (tertiary/aromatic N) is 1. The van der Waals surface area contributed by atoms with Crippen molar-refractivity contribution in [2.45, 2.75) is 32.7 Å². The molecule has 6 heteroatoms. The highest BCUT2D eigenvalue weighted by atomic mass is 32.2. The zero-order chi connectivity index (χ0) is 14.3. The third-order valence-electron chi connectivity index (χ3n) is 3.19. The summed E-state index contributed by atoms with van der Waals surface area (Å²) < 4.78 is 25.9. The van der Waals surface area contributed by atoms with Crippen molar-refractivity contribution in [1.29, 1.82) is 0 Å². The topological polar surface area (TPSA) is 49.4 Å². The van der Waals surface area contributed by atoms with Gasteiger partial charge < -0.3 is 5.32 Å². The van der Waals surface area contributed by atoms with Crippen LogP contribution in [0.1, 0.15) is 37.6 Å². The second-order valence-corrected chi connectivity index (χ2v) is 7.71. The normalized spacial score (nSPS) is 13.9. The van der Waals surface area contributed by atoms with Gasteiger partial charge in [-0.3, -0.25) is 0 Å². The second-order valence-electron chi connectivity index (χ2n) is 4.58. The highest BCUT2D eigenvalue weighted by Gasteiger charge is 2.24. The van der Waals surface area contributed by atoms with Gasteiger partial charge in [-0.25, -0.2) is 8.42 Å². The summed E-state index contributed by atoms with van der Waals surface area (Å²) in [5, 5.41) is 5.18. The molecule has 0 saturated carbocycles. The van der Waals surface area contributed by atoms with Gasteiger partial charge in [0.2, 0.25) is 10.0 Å². The fourth-order valence-corrected chi connectivity index (χ4v) is 4.15. The average Bonchev–Trinajstić information content (AvgIpc) is 2.90. The number of thiophene rings is 1. The molecular weight excluding hydrogens is 280 g/mol. The van der Waals surface area contributed by atoms with Crippen molar-refractivity contribution in [3.8, 4) is 0 Å². The Hall–Kier alpha value is -0.430. The van der Waals surface area contributed by atoms with Crippen LogP contribution in [0, 0.1) is 0 Å². The van der Waals surface area contributed by atoms with Gasteiger partial charge in [-0.15, -0.1) is 11.3 Å². The average molecular weight is 304 g/mol. The van der Waals surface area contributed by atoms with Crippen LogP contribution in [0.5, 0.6) is 0 Å². The molecule has 1 atom stereocenters. The second kappa shape index (κ2) is 7.99. The molecule has 1 aromatic rings. The summed E-state index contributed by atoms with van der Waals surface area (Å²) in [7, 11) is -1.49. The van der Waals surface area contributed by atoms with Crippen LogP contribution in [-0.4, -0.2) is 38.6 Å². The molecule has 0 aliphatic heterocycles. The number of unbranched alkanes of at least 4 members (excludes halogenated alkanes) is 1. The van der Waals surface area contributed by atoms with Gasteiger partial charge in [0.1, 0.15) is 0 Å². The van der Waals surface area contributed by atoms with Crippen LogP contribution in [0.2, 0.25) is 0 Å². The van der Waals surface area contributed by atoms with E-state index in [0.29, 0.717) is 6.42 Å². The van der Waals surface area contributed by atoms with Crippen LogP contribution in [0.25, 0.3) is 0 Å². The molecular formula is C13H24N2O2S2. The maximum absolute atomic E-state index is 12.2. The van der Waals surface area contributed by atoms with E-state index in [1.807, 2.05) is 31.4 Å². The Morgan fingerprint density at radius 2 is 2.16 bits per heavy atom. The first-order valence-corrected chi connectivity index (χ1v) is 9.17. The monoisotopic (exact) mass is 304 g/mol. The van der Waals surface area contributed by atoms with E-state index < -0.39 is 10.0 Å². The molecule has 1 aromatic heterocycles. The summed E-state index contributed by atoms with van der Waals surface area (Å²) in [6.45, 7) is 5.80. The molecule has 0 radical (unpaired) electrons. The van der Waals surface area contributed by atoms with Crippen molar-refractivity contribution in [3.63, 3.8) is 0 Å². The highest BCUT2D eigenvalue weighted by molar-refractivity contribution is 7.89. The number of hydrogen-bond acceptors (Lipinski definition) is 4. The minimum Gasteiger partial charge on any atom is -0.317 e. The van der Waals surface area contributed by atoms with E-state index in [-0.39, 0.29) is 11.8 Å². The maximum Gasteiger partial charge on any atom is 0.214 e. The van der Waals surface area contributed by atoms with E-state index in [9.17, 15) is 8.42 Å². The molecule has 1 heterocycles. The van der Waals surface area contributed by atoms with Gasteiger partial charge >= 0.3 is 0 Å². The Balaban J connectivity index is 2.47. The largest absolute Gasteiger partial charge is 0.317 e. The zero-order valence-corrected chi connectivity index (χ0v) is 13.6. The Labute approximate surface area is 120 Å². The molecule has 0 aromatic carbocycles. The molecule has 19 heavy (non-hydrogen) atoms. The summed E-state index contributed by atoms with van der Waals surface area (Å²) in [5.74, 6) is 0.227. The van der Waals surface area contributed by atoms with E-state index in [1.165, 1.54) is 4.31 Å². The molecule has 110 valence electrons. The Kier molecular flexibility index (Phi) is 6.99. The van der Waals surface area contributed by atoms with Crippen molar-refractivity contribution < 1.29 is 8.42 Å². The first-order valence-electron chi connectivity index (χ1n) is 6.69. The number of sulfonamides is 1. The van der Waals surface area contributed by atoms with Crippen LogP contribution in [-0.2, 0) is 10.0 Å². The Morgan fingerprint density at radius 3 is 2.74 bits per heavy atom. The van der Waals surface area contributed by atoms with E-state index in [2.05, 4.69) is 5.32 Å². The van der Waals surface area contributed by atoms with Gasteiger partial charge in [0.25, 0.3) is 0 Å². The summed E-state index contributed by atoms with van der Waals surface area (Å²) in [6.07, 6.45) is 1.60. The molecule has 0 aliphatic carbocycles. The molecule has 0 aliphatic rings. The molecule has 1 N–H and O–H groups in total. The van der Waals surface area contributed by atoms with Gasteiger partial charge in [-0.05, 0) is 44.3 Å². The predicted molar refractivity (Wildman–Crippen MR) is 82.1 cm³/mol. The molecule has 4 nitrogen and oxygen atoms in total. The van der Waals surface area contributed by atoms with E-state index in [1.54, 1.807) is 18.4 Å². The van der Waals surface area contributed by atoms with Gasteiger partial charge in [-0.1, -0.05) is 13.0 Å². The quantitative estimate of drug-likeness (QED) is 0.713. The van der Waals surface area contributed by atoms with E-state index in [0.717, 1.165) is 24.4 Å². The minimum atomic E-state index is -3.16. The Bertz CT molecular complexity index is 443. The smallest absolute Gasteiger partial charge is 0.214 e. The fourth-order valence-electron chi connectivity index (χ4n) is 1.80. The SMILES string of the molecule is CCNCCCCS(=O)(=O)N(C)C(C)c1cccs1. The summed E-state index contributed by atoms with van der Waals surface area (Å²) in [5.41, 5.74) is 0. The standard InChI is InChI=1S/C13H24N2O2S2/c1-4-14-9-5-6-11-19(16,17)15(3)12(2)13-8-7-10-18-13/h7-8,10,12,14H,4-6,9,11H2,1-3H3. The van der Waals surface area contributed by atoms with Crippen LogP contribution in [0.4, 0.5) is 0 Å². The summed E-state index contributed by atoms with van der Waals surface area (Å²) in [4.78, 5) is 1.08. The lowest BCUT2D eigenvalue weighted by molar-refractivity contribution is 0.401. The highest BCUT2D eigenvalue weighted by Crippen LogP contribution is 2.25. The lowest BCUT2D eigenvalue weighted by atomic mass is 10.3. The van der Waals surface area contributed by atoms with Crippen LogP contribution in [0.15, 0.2) is 17.5 Å². The van der Waals surface area contributed by atoms with Crippen LogP contribution in [0.3, 0.4) is 0 Å². The van der Waals surface area contributed by atoms with E-state index >= 15 is 0 Å². The lowest BCUT2D eigenvalue weighted by Gasteiger charge is -2.23. The maximum atomic E-state index is 12.2. The summed E-state index contributed by atoms with van der Waals surface area (Å²) in [6, 6.07) is 3.85. The molecule has 0 fully saturated rings. The fraction of sp³-hybridized carbons (Fsp3) is 0.692. The van der Waals surface area contributed by atoms with Gasteiger partial charge in [0, 0.05) is 11.9 Å². The minimum absolute atomic E-state index is 0.0845.